The van der Waals surface area contributed by atoms with E-state index in [-0.39, 0.29) is 5.91 Å². The Morgan fingerprint density at radius 2 is 1.77 bits per heavy atom. The maximum absolute atomic E-state index is 12.0. The number of aryl methyl sites for hydroxylation is 1. The fourth-order valence-corrected chi connectivity index (χ4v) is 3.14. The highest BCUT2D eigenvalue weighted by molar-refractivity contribution is 6.34. The van der Waals surface area contributed by atoms with Crippen LogP contribution in [0.3, 0.4) is 0 Å². The lowest BCUT2D eigenvalue weighted by Crippen LogP contribution is -2.25. The molecule has 0 aliphatic carbocycles. The highest BCUT2D eigenvalue weighted by Crippen LogP contribution is 2.20. The molecule has 0 spiro atoms. The van der Waals surface area contributed by atoms with Gasteiger partial charge in [0.25, 0.3) is 0 Å². The van der Waals surface area contributed by atoms with E-state index in [0.29, 0.717) is 47.5 Å². The maximum atomic E-state index is 12.0. The molecule has 26 heavy (non-hydrogen) atoms. The molecule has 0 radical (unpaired) electrons. The summed E-state index contributed by atoms with van der Waals surface area (Å²) in [5, 5.41) is 4.07. The van der Waals surface area contributed by atoms with E-state index in [9.17, 15) is 4.79 Å². The minimum atomic E-state index is -0.0439. The number of nitrogens with one attached hydrogen (secondary N) is 1. The second-order valence-electron chi connectivity index (χ2n) is 5.86. The van der Waals surface area contributed by atoms with E-state index in [1.807, 2.05) is 42.5 Å². The van der Waals surface area contributed by atoms with Crippen LogP contribution in [0.5, 0.6) is 0 Å². The van der Waals surface area contributed by atoms with Crippen molar-refractivity contribution in [2.75, 3.05) is 6.54 Å². The number of nitrogens with zero attached hydrogens (tertiary/aromatic N) is 1. The zero-order valence-electron chi connectivity index (χ0n) is 14.0. The standard InChI is InChI=1S/C20H18Cl2N2O2/c21-16-10-14(11-17(22)12-16)8-9-23-19(25)6-7-20-24-13-18(26-20)15-4-2-1-3-5-15/h1-5,10-13H,6-9H2,(H,23,25). The number of benzene rings is 2. The topological polar surface area (TPSA) is 55.1 Å². The summed E-state index contributed by atoms with van der Waals surface area (Å²) < 4.78 is 5.70. The Hall–Kier alpha value is -2.30. The highest BCUT2D eigenvalue weighted by Gasteiger charge is 2.09. The van der Waals surface area contributed by atoms with Gasteiger partial charge in [-0.15, -0.1) is 0 Å². The minimum Gasteiger partial charge on any atom is -0.441 e. The molecule has 0 saturated heterocycles. The van der Waals surface area contributed by atoms with Gasteiger partial charge in [0, 0.05) is 35.0 Å². The maximum Gasteiger partial charge on any atom is 0.220 e. The van der Waals surface area contributed by atoms with E-state index in [4.69, 9.17) is 27.6 Å². The molecule has 0 bridgehead atoms. The van der Waals surface area contributed by atoms with Crippen molar-refractivity contribution in [3.8, 4) is 11.3 Å². The van der Waals surface area contributed by atoms with Gasteiger partial charge in [-0.25, -0.2) is 4.98 Å². The van der Waals surface area contributed by atoms with Crippen molar-refractivity contribution in [2.24, 2.45) is 0 Å². The third kappa shape index (κ3) is 5.35. The zero-order valence-corrected chi connectivity index (χ0v) is 15.6. The van der Waals surface area contributed by atoms with Crippen LogP contribution in [0.2, 0.25) is 10.0 Å². The van der Waals surface area contributed by atoms with Gasteiger partial charge < -0.3 is 9.73 Å². The Morgan fingerprint density at radius 3 is 2.50 bits per heavy atom. The van der Waals surface area contributed by atoms with Crippen LogP contribution in [0.25, 0.3) is 11.3 Å². The fraction of sp³-hybridized carbons (Fsp3) is 0.200. The number of halogens is 2. The Morgan fingerprint density at radius 1 is 1.04 bits per heavy atom. The van der Waals surface area contributed by atoms with Crippen molar-refractivity contribution >= 4 is 29.1 Å². The molecule has 0 aliphatic heterocycles. The van der Waals surface area contributed by atoms with Gasteiger partial charge in [0.05, 0.1) is 6.20 Å². The normalized spacial score (nSPS) is 10.7. The van der Waals surface area contributed by atoms with Crippen molar-refractivity contribution in [1.29, 1.82) is 0 Å². The second-order valence-corrected chi connectivity index (χ2v) is 6.73. The van der Waals surface area contributed by atoms with Crippen LogP contribution >= 0.6 is 23.2 Å². The minimum absolute atomic E-state index is 0.0439. The molecule has 1 heterocycles. The first-order chi connectivity index (χ1) is 12.6. The van der Waals surface area contributed by atoms with Crippen LogP contribution < -0.4 is 5.32 Å². The third-order valence-electron chi connectivity index (χ3n) is 3.84. The molecule has 1 amide bonds. The van der Waals surface area contributed by atoms with Crippen molar-refractivity contribution in [2.45, 2.75) is 19.3 Å². The van der Waals surface area contributed by atoms with Crippen LogP contribution in [-0.4, -0.2) is 17.4 Å². The van der Waals surface area contributed by atoms with Gasteiger partial charge in [0.15, 0.2) is 11.7 Å². The molecule has 3 rings (SSSR count). The number of aromatic nitrogens is 1. The molecule has 4 nitrogen and oxygen atoms in total. The summed E-state index contributed by atoms with van der Waals surface area (Å²) in [6.45, 7) is 0.524. The predicted octanol–water partition coefficient (Wildman–Crippen LogP) is 4.94. The van der Waals surface area contributed by atoms with Gasteiger partial charge in [0.2, 0.25) is 5.91 Å². The second kappa shape index (κ2) is 8.88. The van der Waals surface area contributed by atoms with Gasteiger partial charge >= 0.3 is 0 Å². The molecule has 2 aromatic carbocycles. The Labute approximate surface area is 162 Å². The molecular formula is C20H18Cl2N2O2. The number of amides is 1. The number of oxazole rings is 1. The molecule has 3 aromatic rings. The van der Waals surface area contributed by atoms with Crippen molar-refractivity contribution in [3.63, 3.8) is 0 Å². The molecule has 1 aromatic heterocycles. The first-order valence-electron chi connectivity index (χ1n) is 8.32. The Kier molecular flexibility index (Phi) is 6.31. The molecule has 134 valence electrons. The summed E-state index contributed by atoms with van der Waals surface area (Å²) in [6.07, 6.45) is 3.14. The number of carbonyl (C=O) groups is 1. The quantitative estimate of drug-likeness (QED) is 0.623. The summed E-state index contributed by atoms with van der Waals surface area (Å²) in [4.78, 5) is 16.2. The van der Waals surface area contributed by atoms with E-state index < -0.39 is 0 Å². The first-order valence-corrected chi connectivity index (χ1v) is 9.07. The van der Waals surface area contributed by atoms with E-state index in [0.717, 1.165) is 11.1 Å². The molecule has 0 fully saturated rings. The number of hydrogen-bond donors (Lipinski definition) is 1. The van der Waals surface area contributed by atoms with E-state index in [2.05, 4.69) is 10.3 Å². The van der Waals surface area contributed by atoms with E-state index >= 15 is 0 Å². The van der Waals surface area contributed by atoms with Crippen molar-refractivity contribution in [3.05, 3.63) is 76.2 Å². The first kappa shape index (κ1) is 18.5. The summed E-state index contributed by atoms with van der Waals surface area (Å²) in [5.74, 6) is 1.22. The smallest absolute Gasteiger partial charge is 0.220 e. The highest BCUT2D eigenvalue weighted by atomic mass is 35.5. The third-order valence-corrected chi connectivity index (χ3v) is 4.27. The average molecular weight is 389 g/mol. The van der Waals surface area contributed by atoms with Gasteiger partial charge in [-0.05, 0) is 30.2 Å². The van der Waals surface area contributed by atoms with Gasteiger partial charge in [-0.3, -0.25) is 4.79 Å². The number of carbonyl (C=O) groups excluding carboxylic acids is 1. The number of hydrogen-bond acceptors (Lipinski definition) is 3. The Balaban J connectivity index is 1.44. The lowest BCUT2D eigenvalue weighted by molar-refractivity contribution is -0.121. The molecular weight excluding hydrogens is 371 g/mol. The lowest BCUT2D eigenvalue weighted by atomic mass is 10.1. The fourth-order valence-electron chi connectivity index (χ4n) is 2.57. The Bertz CT molecular complexity index is 858. The predicted molar refractivity (Wildman–Crippen MR) is 103 cm³/mol. The van der Waals surface area contributed by atoms with Crippen LogP contribution in [-0.2, 0) is 17.6 Å². The molecule has 1 N–H and O–H groups in total. The SMILES string of the molecule is O=C(CCc1ncc(-c2ccccc2)o1)NCCc1cc(Cl)cc(Cl)c1. The largest absolute Gasteiger partial charge is 0.441 e. The molecule has 0 saturated carbocycles. The van der Waals surface area contributed by atoms with Gasteiger partial charge in [-0.2, -0.15) is 0 Å². The summed E-state index contributed by atoms with van der Waals surface area (Å²) in [6, 6.07) is 15.1. The molecule has 0 unspecified atom stereocenters. The van der Waals surface area contributed by atoms with Crippen LogP contribution in [0.15, 0.2) is 59.1 Å². The molecule has 0 aliphatic rings. The van der Waals surface area contributed by atoms with Gasteiger partial charge in [0.1, 0.15) is 0 Å². The van der Waals surface area contributed by atoms with Crippen LogP contribution in [0.1, 0.15) is 17.9 Å². The van der Waals surface area contributed by atoms with Crippen molar-refractivity contribution < 1.29 is 9.21 Å². The lowest BCUT2D eigenvalue weighted by Gasteiger charge is -2.06. The van der Waals surface area contributed by atoms with Crippen LogP contribution in [0.4, 0.5) is 0 Å². The average Bonchev–Trinajstić information content (AvgIpc) is 3.09. The summed E-state index contributed by atoms with van der Waals surface area (Å²) in [5.41, 5.74) is 1.96. The molecule has 6 heteroatoms. The van der Waals surface area contributed by atoms with E-state index in [1.54, 1.807) is 12.3 Å². The zero-order chi connectivity index (χ0) is 18.4. The van der Waals surface area contributed by atoms with Crippen molar-refractivity contribution in [1.82, 2.24) is 10.3 Å². The monoisotopic (exact) mass is 388 g/mol. The summed E-state index contributed by atoms with van der Waals surface area (Å²) >= 11 is 11.9. The molecule has 0 atom stereocenters. The number of rotatable bonds is 7. The van der Waals surface area contributed by atoms with Gasteiger partial charge in [-0.1, -0.05) is 53.5 Å². The van der Waals surface area contributed by atoms with Crippen LogP contribution in [0, 0.1) is 0 Å². The summed E-state index contributed by atoms with van der Waals surface area (Å²) in [7, 11) is 0. The van der Waals surface area contributed by atoms with E-state index in [1.165, 1.54) is 0 Å².